The molecule has 1 N–H and O–H groups in total. The van der Waals surface area contributed by atoms with Crippen LogP contribution in [-0.2, 0) is 16.6 Å². The van der Waals surface area contributed by atoms with Gasteiger partial charge in [0.05, 0.1) is 25.2 Å². The zero-order chi connectivity index (χ0) is 19.3. The monoisotopic (exact) mass is 391 g/mol. The van der Waals surface area contributed by atoms with Crippen molar-refractivity contribution >= 4 is 10.0 Å². The van der Waals surface area contributed by atoms with E-state index in [0.29, 0.717) is 17.2 Å². The zero-order valence-electron chi connectivity index (χ0n) is 15.6. The molecular formula is C20H25NO5S. The third-order valence-corrected chi connectivity index (χ3v) is 6.07. The minimum atomic E-state index is -3.62. The molecule has 0 unspecified atom stereocenters. The van der Waals surface area contributed by atoms with Crippen molar-refractivity contribution in [3.05, 3.63) is 48.0 Å². The van der Waals surface area contributed by atoms with Gasteiger partial charge in [-0.15, -0.1) is 0 Å². The summed E-state index contributed by atoms with van der Waals surface area (Å²) in [5, 5.41) is 0. The molecule has 0 radical (unpaired) electrons. The van der Waals surface area contributed by atoms with Crippen LogP contribution in [-0.4, -0.2) is 28.7 Å². The fourth-order valence-corrected chi connectivity index (χ4v) is 4.17. The van der Waals surface area contributed by atoms with E-state index in [0.717, 1.165) is 18.4 Å². The number of hydrogen-bond acceptors (Lipinski definition) is 5. The minimum Gasteiger partial charge on any atom is -0.493 e. The number of ether oxygens (including phenoxy) is 3. The Morgan fingerprint density at radius 2 is 1.63 bits per heavy atom. The topological polar surface area (TPSA) is 73.9 Å². The van der Waals surface area contributed by atoms with Gasteiger partial charge in [0.15, 0.2) is 11.5 Å². The van der Waals surface area contributed by atoms with Crippen LogP contribution in [0.3, 0.4) is 0 Å². The summed E-state index contributed by atoms with van der Waals surface area (Å²) < 4.78 is 44.0. The summed E-state index contributed by atoms with van der Waals surface area (Å²) in [5.41, 5.74) is 0.775. The van der Waals surface area contributed by atoms with Crippen LogP contribution in [0.1, 0.15) is 31.2 Å². The van der Waals surface area contributed by atoms with E-state index in [9.17, 15) is 8.42 Å². The van der Waals surface area contributed by atoms with Crippen molar-refractivity contribution in [2.45, 2.75) is 43.2 Å². The Bertz CT molecular complexity index is 858. The van der Waals surface area contributed by atoms with E-state index < -0.39 is 10.0 Å². The summed E-state index contributed by atoms with van der Waals surface area (Å²) in [5.74, 6) is 1.87. The number of sulfonamides is 1. The van der Waals surface area contributed by atoms with Crippen LogP contribution in [0.15, 0.2) is 47.4 Å². The molecule has 0 aromatic heterocycles. The smallest absolute Gasteiger partial charge is 0.240 e. The van der Waals surface area contributed by atoms with Gasteiger partial charge < -0.3 is 14.2 Å². The fraction of sp³-hybridized carbons (Fsp3) is 0.400. The van der Waals surface area contributed by atoms with E-state index >= 15 is 0 Å². The van der Waals surface area contributed by atoms with E-state index in [1.54, 1.807) is 56.7 Å². The zero-order valence-corrected chi connectivity index (χ0v) is 16.4. The molecule has 0 atom stereocenters. The summed E-state index contributed by atoms with van der Waals surface area (Å²) in [4.78, 5) is 0.210. The quantitative estimate of drug-likeness (QED) is 0.745. The number of rotatable bonds is 8. The molecule has 0 saturated heterocycles. The Morgan fingerprint density at radius 3 is 2.26 bits per heavy atom. The molecule has 1 fully saturated rings. The van der Waals surface area contributed by atoms with E-state index in [2.05, 4.69) is 4.72 Å². The highest BCUT2D eigenvalue weighted by Gasteiger charge is 2.18. The van der Waals surface area contributed by atoms with Crippen molar-refractivity contribution in [2.24, 2.45) is 0 Å². The molecule has 0 amide bonds. The van der Waals surface area contributed by atoms with Crippen molar-refractivity contribution in [1.29, 1.82) is 0 Å². The molecule has 6 nitrogen and oxygen atoms in total. The van der Waals surface area contributed by atoms with Crippen LogP contribution in [0.5, 0.6) is 17.2 Å². The lowest BCUT2D eigenvalue weighted by Crippen LogP contribution is -2.23. The first-order valence-electron chi connectivity index (χ1n) is 8.99. The van der Waals surface area contributed by atoms with Gasteiger partial charge in [0.1, 0.15) is 5.75 Å². The highest BCUT2D eigenvalue weighted by Crippen LogP contribution is 2.28. The summed E-state index contributed by atoms with van der Waals surface area (Å²) in [6.45, 7) is 0.156. The van der Waals surface area contributed by atoms with Crippen molar-refractivity contribution in [2.75, 3.05) is 14.2 Å². The van der Waals surface area contributed by atoms with Gasteiger partial charge in [-0.3, -0.25) is 0 Å². The molecule has 0 spiro atoms. The number of hydrogen-bond donors (Lipinski definition) is 1. The average molecular weight is 391 g/mol. The maximum atomic E-state index is 12.5. The first-order chi connectivity index (χ1) is 13.0. The molecule has 3 rings (SSSR count). The van der Waals surface area contributed by atoms with Crippen LogP contribution < -0.4 is 18.9 Å². The van der Waals surface area contributed by atoms with Gasteiger partial charge in [-0.2, -0.15) is 0 Å². The Kier molecular flexibility index (Phi) is 6.23. The van der Waals surface area contributed by atoms with E-state index in [4.69, 9.17) is 14.2 Å². The van der Waals surface area contributed by atoms with E-state index in [1.807, 2.05) is 0 Å². The van der Waals surface area contributed by atoms with Gasteiger partial charge in [0.25, 0.3) is 0 Å². The highest BCUT2D eigenvalue weighted by atomic mass is 32.2. The Morgan fingerprint density at radius 1 is 0.963 bits per heavy atom. The molecule has 1 aliphatic carbocycles. The van der Waals surface area contributed by atoms with Crippen LogP contribution >= 0.6 is 0 Å². The van der Waals surface area contributed by atoms with Gasteiger partial charge in [0, 0.05) is 6.54 Å². The third kappa shape index (κ3) is 4.93. The largest absolute Gasteiger partial charge is 0.493 e. The average Bonchev–Trinajstić information content (AvgIpc) is 3.19. The molecule has 0 bridgehead atoms. The van der Waals surface area contributed by atoms with Crippen LogP contribution in [0.25, 0.3) is 0 Å². The third-order valence-electron chi connectivity index (χ3n) is 4.65. The standard InChI is InChI=1S/C20H25NO5S/c1-24-19-12-7-15(13-20(19)25-2)14-21-27(22,23)18-10-8-17(9-11-18)26-16-5-3-4-6-16/h7-13,16,21H,3-6,14H2,1-2H3. The Labute approximate surface area is 160 Å². The summed E-state index contributed by atoms with van der Waals surface area (Å²) in [6.07, 6.45) is 4.75. The maximum Gasteiger partial charge on any atom is 0.240 e. The first kappa shape index (κ1) is 19.5. The molecule has 1 saturated carbocycles. The van der Waals surface area contributed by atoms with Gasteiger partial charge >= 0.3 is 0 Å². The molecule has 2 aromatic carbocycles. The molecule has 0 aliphatic heterocycles. The fourth-order valence-electron chi connectivity index (χ4n) is 3.15. The van der Waals surface area contributed by atoms with E-state index in [-0.39, 0.29) is 17.5 Å². The highest BCUT2D eigenvalue weighted by molar-refractivity contribution is 7.89. The first-order valence-corrected chi connectivity index (χ1v) is 10.5. The normalized spacial score (nSPS) is 14.9. The van der Waals surface area contributed by atoms with Gasteiger partial charge in [-0.1, -0.05) is 6.07 Å². The second-order valence-electron chi connectivity index (χ2n) is 6.51. The molecule has 0 heterocycles. The molecule has 27 heavy (non-hydrogen) atoms. The molecule has 1 aliphatic rings. The van der Waals surface area contributed by atoms with Crippen LogP contribution in [0.2, 0.25) is 0 Å². The lowest BCUT2D eigenvalue weighted by Gasteiger charge is -2.14. The minimum absolute atomic E-state index is 0.156. The number of methoxy groups -OCH3 is 2. The van der Waals surface area contributed by atoms with Crippen molar-refractivity contribution < 1.29 is 22.6 Å². The SMILES string of the molecule is COc1ccc(CNS(=O)(=O)c2ccc(OC3CCCC3)cc2)cc1OC. The van der Waals surface area contributed by atoms with Gasteiger partial charge in [-0.05, 0) is 67.6 Å². The summed E-state index contributed by atoms with van der Waals surface area (Å²) in [7, 11) is -0.517. The molecule has 2 aromatic rings. The van der Waals surface area contributed by atoms with Gasteiger partial charge in [0.2, 0.25) is 10.0 Å². The predicted octanol–water partition coefficient (Wildman–Crippen LogP) is 3.50. The van der Waals surface area contributed by atoms with Crippen LogP contribution in [0, 0.1) is 0 Å². The maximum absolute atomic E-state index is 12.5. The lowest BCUT2D eigenvalue weighted by molar-refractivity contribution is 0.210. The predicted molar refractivity (Wildman–Crippen MR) is 103 cm³/mol. The molecule has 7 heteroatoms. The van der Waals surface area contributed by atoms with Crippen molar-refractivity contribution in [3.63, 3.8) is 0 Å². The summed E-state index contributed by atoms with van der Waals surface area (Å²) >= 11 is 0. The Hall–Kier alpha value is -2.25. The molecular weight excluding hydrogens is 366 g/mol. The summed E-state index contributed by atoms with van der Waals surface area (Å²) in [6, 6.07) is 11.9. The van der Waals surface area contributed by atoms with Crippen molar-refractivity contribution in [3.8, 4) is 17.2 Å². The van der Waals surface area contributed by atoms with Gasteiger partial charge in [-0.25, -0.2) is 13.1 Å². The van der Waals surface area contributed by atoms with Crippen molar-refractivity contribution in [1.82, 2.24) is 4.72 Å². The lowest BCUT2D eigenvalue weighted by atomic mass is 10.2. The number of nitrogens with one attached hydrogen (secondary N) is 1. The molecule has 146 valence electrons. The Balaban J connectivity index is 1.64. The van der Waals surface area contributed by atoms with E-state index in [1.165, 1.54) is 12.8 Å². The van der Waals surface area contributed by atoms with Crippen LogP contribution in [0.4, 0.5) is 0 Å². The second-order valence-corrected chi connectivity index (χ2v) is 8.28. The number of benzene rings is 2. The second kappa shape index (κ2) is 8.63.